The van der Waals surface area contributed by atoms with Gasteiger partial charge in [0.05, 0.1) is 10.7 Å². The van der Waals surface area contributed by atoms with Gasteiger partial charge in [-0.15, -0.1) is 0 Å². The molecule has 1 aliphatic rings. The molecule has 0 radical (unpaired) electrons. The number of aromatic nitrogens is 1. The molecule has 0 amide bonds. The van der Waals surface area contributed by atoms with Crippen molar-refractivity contribution in [1.29, 1.82) is 0 Å². The number of halogens is 1. The van der Waals surface area contributed by atoms with E-state index in [2.05, 4.69) is 9.88 Å². The van der Waals surface area contributed by atoms with Crippen LogP contribution in [0.2, 0.25) is 5.02 Å². The highest BCUT2D eigenvalue weighted by Gasteiger charge is 2.25. The Morgan fingerprint density at radius 2 is 2.31 bits per heavy atom. The Balaban J connectivity index is 2.13. The maximum absolute atomic E-state index is 6.19. The summed E-state index contributed by atoms with van der Waals surface area (Å²) in [5, 5.41) is 0.742. The number of pyridine rings is 1. The van der Waals surface area contributed by atoms with Crippen molar-refractivity contribution < 1.29 is 0 Å². The van der Waals surface area contributed by atoms with Crippen LogP contribution in [0.3, 0.4) is 0 Å². The van der Waals surface area contributed by atoms with Gasteiger partial charge in [-0.05, 0) is 38.3 Å². The molecule has 0 aliphatic heterocycles. The van der Waals surface area contributed by atoms with Gasteiger partial charge in [0.1, 0.15) is 0 Å². The molecule has 4 heteroatoms. The van der Waals surface area contributed by atoms with Crippen LogP contribution in [0.5, 0.6) is 0 Å². The van der Waals surface area contributed by atoms with Crippen LogP contribution in [-0.4, -0.2) is 24.1 Å². The fraction of sp³-hybridized carbons (Fsp3) is 0.583. The summed E-state index contributed by atoms with van der Waals surface area (Å²) in [6.45, 7) is 1.72. The summed E-state index contributed by atoms with van der Waals surface area (Å²) in [6, 6.07) is 2.64. The van der Waals surface area contributed by atoms with Crippen molar-refractivity contribution in [3.05, 3.63) is 23.5 Å². The van der Waals surface area contributed by atoms with Gasteiger partial charge in [-0.25, -0.2) is 0 Å². The van der Waals surface area contributed by atoms with Crippen molar-refractivity contribution in [2.24, 2.45) is 5.73 Å². The molecule has 1 heterocycles. The third-order valence-corrected chi connectivity index (χ3v) is 3.47. The van der Waals surface area contributed by atoms with Crippen LogP contribution in [-0.2, 0) is 0 Å². The highest BCUT2D eigenvalue weighted by molar-refractivity contribution is 6.33. The predicted molar refractivity (Wildman–Crippen MR) is 67.9 cm³/mol. The van der Waals surface area contributed by atoms with E-state index in [0.717, 1.165) is 30.2 Å². The second kappa shape index (κ2) is 5.51. The quantitative estimate of drug-likeness (QED) is 0.858. The summed E-state index contributed by atoms with van der Waals surface area (Å²) in [5.41, 5.74) is 6.69. The lowest BCUT2D eigenvalue weighted by Crippen LogP contribution is -2.41. The van der Waals surface area contributed by atoms with Crippen molar-refractivity contribution in [2.45, 2.75) is 31.7 Å². The molecule has 1 aromatic rings. The third kappa shape index (κ3) is 2.47. The molecule has 0 aromatic carbocycles. The molecule has 2 N–H and O–H groups in total. The molecule has 1 aliphatic carbocycles. The van der Waals surface area contributed by atoms with Crippen molar-refractivity contribution in [1.82, 2.24) is 4.98 Å². The van der Waals surface area contributed by atoms with Gasteiger partial charge in [-0.1, -0.05) is 11.6 Å². The largest absolute Gasteiger partial charge is 0.367 e. The second-order valence-electron chi connectivity index (χ2n) is 4.25. The average molecular weight is 240 g/mol. The molecule has 16 heavy (non-hydrogen) atoms. The number of anilines is 1. The molecule has 1 fully saturated rings. The first-order chi connectivity index (χ1) is 7.83. The van der Waals surface area contributed by atoms with E-state index in [9.17, 15) is 0 Å². The lowest BCUT2D eigenvalue weighted by molar-refractivity contribution is 0.385. The highest BCUT2D eigenvalue weighted by atomic mass is 35.5. The van der Waals surface area contributed by atoms with E-state index in [0.29, 0.717) is 6.04 Å². The minimum Gasteiger partial charge on any atom is -0.367 e. The summed E-state index contributed by atoms with van der Waals surface area (Å²) >= 11 is 6.19. The number of hydrogen-bond acceptors (Lipinski definition) is 3. The number of hydrogen-bond donors (Lipinski definition) is 1. The van der Waals surface area contributed by atoms with Crippen LogP contribution >= 0.6 is 11.6 Å². The average Bonchev–Trinajstić information content (AvgIpc) is 2.22. The Kier molecular flexibility index (Phi) is 4.02. The van der Waals surface area contributed by atoms with Crippen molar-refractivity contribution >= 4 is 17.3 Å². The van der Waals surface area contributed by atoms with Crippen LogP contribution in [0, 0.1) is 0 Å². The van der Waals surface area contributed by atoms with Crippen LogP contribution in [0.4, 0.5) is 5.69 Å². The monoisotopic (exact) mass is 239 g/mol. The molecule has 88 valence electrons. The summed E-state index contributed by atoms with van der Waals surface area (Å²) in [5.74, 6) is 0. The normalized spacial score (nSPS) is 15.9. The fourth-order valence-corrected chi connectivity index (χ4v) is 2.29. The van der Waals surface area contributed by atoms with Crippen molar-refractivity contribution in [2.75, 3.05) is 18.0 Å². The fourth-order valence-electron chi connectivity index (χ4n) is 2.06. The first-order valence-corrected chi connectivity index (χ1v) is 6.27. The molecule has 0 saturated heterocycles. The molecule has 3 nitrogen and oxygen atoms in total. The number of nitrogens with two attached hydrogens (primary N) is 1. The Morgan fingerprint density at radius 3 is 2.88 bits per heavy atom. The number of rotatable bonds is 5. The maximum atomic E-state index is 6.19. The van der Waals surface area contributed by atoms with E-state index >= 15 is 0 Å². The summed E-state index contributed by atoms with van der Waals surface area (Å²) in [4.78, 5) is 6.42. The van der Waals surface area contributed by atoms with Crippen LogP contribution < -0.4 is 10.6 Å². The van der Waals surface area contributed by atoms with E-state index in [1.54, 1.807) is 12.4 Å². The predicted octanol–water partition coefficient (Wildman–Crippen LogP) is 2.44. The van der Waals surface area contributed by atoms with Gasteiger partial charge in [0, 0.05) is 25.0 Å². The zero-order valence-corrected chi connectivity index (χ0v) is 10.2. The molecular formula is C12H18ClN3. The Hall–Kier alpha value is -0.800. The summed E-state index contributed by atoms with van der Waals surface area (Å²) < 4.78 is 0. The lowest BCUT2D eigenvalue weighted by atomic mass is 9.91. The molecule has 0 atom stereocenters. The standard InChI is InChI=1S/C12H18ClN3/c13-11-9-15-7-5-12(11)16(8-2-6-14)10-3-1-4-10/h5,7,9-10H,1-4,6,8,14H2. The first kappa shape index (κ1) is 11.7. The van der Waals surface area contributed by atoms with Gasteiger partial charge < -0.3 is 10.6 Å². The maximum Gasteiger partial charge on any atom is 0.0822 e. The Bertz CT molecular complexity index is 339. The summed E-state index contributed by atoms with van der Waals surface area (Å²) in [6.07, 6.45) is 8.38. The summed E-state index contributed by atoms with van der Waals surface area (Å²) in [7, 11) is 0. The molecule has 2 rings (SSSR count). The third-order valence-electron chi connectivity index (χ3n) is 3.18. The minimum atomic E-state index is 0.645. The second-order valence-corrected chi connectivity index (χ2v) is 4.65. The molecule has 1 aromatic heterocycles. The van der Waals surface area contributed by atoms with Crippen LogP contribution in [0.1, 0.15) is 25.7 Å². The SMILES string of the molecule is NCCCN(c1ccncc1Cl)C1CCC1. The molecule has 0 spiro atoms. The van der Waals surface area contributed by atoms with E-state index in [-0.39, 0.29) is 0 Å². The smallest absolute Gasteiger partial charge is 0.0822 e. The topological polar surface area (TPSA) is 42.1 Å². The van der Waals surface area contributed by atoms with E-state index in [4.69, 9.17) is 17.3 Å². The first-order valence-electron chi connectivity index (χ1n) is 5.89. The van der Waals surface area contributed by atoms with E-state index < -0.39 is 0 Å². The highest BCUT2D eigenvalue weighted by Crippen LogP contribution is 2.33. The van der Waals surface area contributed by atoms with Gasteiger partial charge in [-0.3, -0.25) is 4.98 Å². The van der Waals surface area contributed by atoms with Gasteiger partial charge >= 0.3 is 0 Å². The zero-order chi connectivity index (χ0) is 11.4. The minimum absolute atomic E-state index is 0.645. The van der Waals surface area contributed by atoms with Gasteiger partial charge in [-0.2, -0.15) is 0 Å². The molecule has 0 unspecified atom stereocenters. The molecular weight excluding hydrogens is 222 g/mol. The van der Waals surface area contributed by atoms with E-state index in [1.165, 1.54) is 19.3 Å². The Morgan fingerprint density at radius 1 is 1.50 bits per heavy atom. The van der Waals surface area contributed by atoms with Crippen LogP contribution in [0.15, 0.2) is 18.5 Å². The van der Waals surface area contributed by atoms with Crippen molar-refractivity contribution in [3.63, 3.8) is 0 Å². The van der Waals surface area contributed by atoms with Gasteiger partial charge in [0.25, 0.3) is 0 Å². The zero-order valence-electron chi connectivity index (χ0n) is 9.40. The van der Waals surface area contributed by atoms with Crippen LogP contribution in [0.25, 0.3) is 0 Å². The molecule has 0 bridgehead atoms. The lowest BCUT2D eigenvalue weighted by Gasteiger charge is -2.39. The van der Waals surface area contributed by atoms with Crippen molar-refractivity contribution in [3.8, 4) is 0 Å². The molecule has 1 saturated carbocycles. The van der Waals surface area contributed by atoms with E-state index in [1.807, 2.05) is 6.07 Å². The van der Waals surface area contributed by atoms with Gasteiger partial charge in [0.2, 0.25) is 0 Å². The Labute approximate surface area is 102 Å². The number of nitrogens with zero attached hydrogens (tertiary/aromatic N) is 2. The van der Waals surface area contributed by atoms with Gasteiger partial charge in [0.15, 0.2) is 0 Å².